The fourth-order valence-electron chi connectivity index (χ4n) is 12.0. The maximum atomic E-state index is 15.6. The number of aliphatic carboxylic acids is 1. The van der Waals surface area contributed by atoms with E-state index in [1.165, 1.54) is 54.8 Å². The number of rotatable bonds is 17. The number of nitrogens with zero attached hydrogens (tertiary/aromatic N) is 10. The summed E-state index contributed by atoms with van der Waals surface area (Å²) >= 11 is 2.14. The van der Waals surface area contributed by atoms with Crippen molar-refractivity contribution in [2.24, 2.45) is 27.6 Å². The van der Waals surface area contributed by atoms with Crippen LogP contribution in [0, 0.1) is 48.4 Å². The lowest BCUT2D eigenvalue weighted by Crippen LogP contribution is -2.64. The van der Waals surface area contributed by atoms with Gasteiger partial charge >= 0.3 is 12.1 Å². The summed E-state index contributed by atoms with van der Waals surface area (Å²) in [6, 6.07) is 4.23. The quantitative estimate of drug-likeness (QED) is 0.0227. The Kier molecular flexibility index (Phi) is 21.7. The van der Waals surface area contributed by atoms with Crippen LogP contribution in [0.25, 0.3) is 23.8 Å². The van der Waals surface area contributed by atoms with Gasteiger partial charge in [-0.05, 0) is 88.9 Å². The summed E-state index contributed by atoms with van der Waals surface area (Å²) in [5, 5.41) is 14.0. The first-order valence-corrected chi connectivity index (χ1v) is 36.3. The second kappa shape index (κ2) is 29.2. The predicted octanol–water partition coefficient (Wildman–Crippen LogP) is 7.73. The lowest BCUT2D eigenvalue weighted by Gasteiger charge is -2.47. The van der Waals surface area contributed by atoms with E-state index in [4.69, 9.17) is 61.5 Å². The molecule has 12 rings (SSSR count). The van der Waals surface area contributed by atoms with Crippen LogP contribution in [0.1, 0.15) is 81.1 Å². The van der Waals surface area contributed by atoms with Gasteiger partial charge in [-0.2, -0.15) is 8.78 Å². The monoisotopic (exact) mass is 1380 g/mol. The fraction of sp³-hybridized carbons (Fsp3) is 0.523. The normalized spacial score (nSPS) is 27.9. The van der Waals surface area contributed by atoms with Crippen molar-refractivity contribution in [1.82, 2.24) is 45.0 Å². The Morgan fingerprint density at radius 1 is 0.740 bits per heavy atom. The summed E-state index contributed by atoms with van der Waals surface area (Å²) < 4.78 is 103. The third kappa shape index (κ3) is 16.2. The minimum absolute atomic E-state index is 0.0105. The SMILES string of the molecule is C#CCOc1cnc(/C(F)=C/c2cnc(F)c([C@@]3(C)N=C(N(COCC[Si](C)(C)C)C(=O)OC(C)(C)C)S[C@@]4(C(=O)O)C[C@H]43)c2)cn1.C#CCOc1cnc(/C(F)=C/c2cnc(F)c([C@@]3(C)N=C(N)S[C@@]4(C(=O)N5C6COCC5COC6)C[C@H]43)c2)cn1.C1OCC2COCC1N2. The van der Waals surface area contributed by atoms with Crippen molar-refractivity contribution in [3.8, 4) is 36.4 Å². The van der Waals surface area contributed by atoms with Crippen molar-refractivity contribution in [3.63, 3.8) is 0 Å². The first-order chi connectivity index (χ1) is 45.6. The second-order valence-corrected chi connectivity index (χ2v) is 34.9. The van der Waals surface area contributed by atoms with Gasteiger partial charge in [0, 0.05) is 50.0 Å². The summed E-state index contributed by atoms with van der Waals surface area (Å²) in [6.07, 6.45) is 19.6. The molecular weight excluding hydrogens is 1310 g/mol. The van der Waals surface area contributed by atoms with Crippen LogP contribution in [-0.2, 0) is 49.1 Å². The highest BCUT2D eigenvalue weighted by atomic mass is 32.2. The van der Waals surface area contributed by atoms with Crippen LogP contribution in [0.4, 0.5) is 22.4 Å². The first kappa shape index (κ1) is 71.2. The highest BCUT2D eigenvalue weighted by Gasteiger charge is 2.73. The van der Waals surface area contributed by atoms with Gasteiger partial charge in [0.25, 0.3) is 0 Å². The minimum atomic E-state index is -1.50. The van der Waals surface area contributed by atoms with Crippen LogP contribution < -0.4 is 20.5 Å². The number of carbonyl (C=O) groups is 3. The Labute approximate surface area is 562 Å². The summed E-state index contributed by atoms with van der Waals surface area (Å²) in [5.74, 6) is -0.457. The largest absolute Gasteiger partial charge is 0.480 e. The number of fused-ring (bicyclic) bond motifs is 6. The highest BCUT2D eigenvalue weighted by Crippen LogP contribution is 2.68. The number of carboxylic acid groups (broad SMARTS) is 1. The molecule has 31 heteroatoms. The van der Waals surface area contributed by atoms with Gasteiger partial charge in [0.05, 0.1) is 113 Å². The molecule has 0 aromatic carbocycles. The van der Waals surface area contributed by atoms with Gasteiger partial charge in [0.15, 0.2) is 35.2 Å². The smallest absolute Gasteiger partial charge is 0.418 e. The molecule has 0 radical (unpaired) electrons. The van der Waals surface area contributed by atoms with Crippen LogP contribution in [-0.4, -0.2) is 200 Å². The van der Waals surface area contributed by atoms with Gasteiger partial charge in [-0.3, -0.25) is 19.6 Å². The number of ether oxygens (including phenoxy) is 8. The zero-order chi connectivity index (χ0) is 69.0. The van der Waals surface area contributed by atoms with Crippen molar-refractivity contribution in [1.29, 1.82) is 0 Å². The molecule has 0 spiro atoms. The fourth-order valence-corrected chi connectivity index (χ4v) is 15.7. The zero-order valence-corrected chi connectivity index (χ0v) is 56.9. The van der Waals surface area contributed by atoms with Gasteiger partial charge in [-0.1, -0.05) is 55.0 Å². The number of thioether (sulfide) groups is 2. The number of nitrogens with two attached hydrogens (primary N) is 1. The van der Waals surface area contributed by atoms with Crippen molar-refractivity contribution in [3.05, 3.63) is 94.9 Å². The maximum Gasteiger partial charge on any atom is 0.418 e. The van der Waals surface area contributed by atoms with Crippen molar-refractivity contribution >= 4 is 83.7 Å². The number of nitrogens with one attached hydrogen (secondary N) is 1. The Morgan fingerprint density at radius 3 is 1.67 bits per heavy atom. The summed E-state index contributed by atoms with van der Waals surface area (Å²) in [5.41, 5.74) is 3.08. The minimum Gasteiger partial charge on any atom is -0.480 e. The van der Waals surface area contributed by atoms with E-state index in [1.54, 1.807) is 34.6 Å². The zero-order valence-electron chi connectivity index (χ0n) is 54.3. The number of aliphatic imine (C=N–C) groups is 2. The topological polar surface area (TPSA) is 292 Å². The van der Waals surface area contributed by atoms with E-state index in [2.05, 4.69) is 71.7 Å². The van der Waals surface area contributed by atoms with Crippen LogP contribution in [0.3, 0.4) is 0 Å². The Bertz CT molecular complexity index is 3740. The molecule has 10 heterocycles. The predicted molar refractivity (Wildman–Crippen MR) is 353 cm³/mol. The molecule has 2 saturated carbocycles. The number of pyridine rings is 2. The number of terminal acetylenes is 2. The lowest BCUT2D eigenvalue weighted by atomic mass is 9.85. The molecule has 6 aliphatic heterocycles. The van der Waals surface area contributed by atoms with Crippen molar-refractivity contribution in [2.75, 3.05) is 79.4 Å². The van der Waals surface area contributed by atoms with E-state index in [0.29, 0.717) is 51.5 Å². The van der Waals surface area contributed by atoms with E-state index in [9.17, 15) is 19.5 Å². The molecule has 6 atom stereocenters. The van der Waals surface area contributed by atoms with Crippen LogP contribution in [0.5, 0.6) is 11.8 Å². The van der Waals surface area contributed by atoms with Crippen LogP contribution >= 0.6 is 23.5 Å². The first-order valence-electron chi connectivity index (χ1n) is 31.0. The molecule has 4 bridgehead atoms. The molecule has 4 N–H and O–H groups in total. The number of halogens is 4. The molecule has 2 aliphatic carbocycles. The number of carboxylic acids is 1. The van der Waals surface area contributed by atoms with Crippen LogP contribution in [0.2, 0.25) is 25.7 Å². The molecule has 4 aromatic heterocycles. The Morgan fingerprint density at radius 2 is 1.22 bits per heavy atom. The van der Waals surface area contributed by atoms with Gasteiger partial charge in [0.2, 0.25) is 29.6 Å². The van der Waals surface area contributed by atoms with E-state index in [1.807, 2.05) is 4.90 Å². The molecular formula is C65H76F4N12O12S2Si. The van der Waals surface area contributed by atoms with E-state index < -0.39 is 75.8 Å². The molecule has 512 valence electrons. The summed E-state index contributed by atoms with van der Waals surface area (Å²) in [6.45, 7) is 20.0. The van der Waals surface area contributed by atoms with E-state index in [-0.39, 0.29) is 106 Å². The molecule has 24 nitrogen and oxygen atoms in total. The molecule has 96 heavy (non-hydrogen) atoms. The Balaban J connectivity index is 0.000000185. The van der Waals surface area contributed by atoms with Crippen molar-refractivity contribution < 1.29 is 74.9 Å². The van der Waals surface area contributed by atoms with Crippen molar-refractivity contribution in [2.45, 2.75) is 123 Å². The summed E-state index contributed by atoms with van der Waals surface area (Å²) in [4.78, 5) is 76.3. The molecule has 6 fully saturated rings. The van der Waals surface area contributed by atoms with E-state index >= 15 is 17.6 Å². The number of carbonyl (C=O) groups excluding carboxylic acids is 2. The molecule has 2 amide bonds. The number of amides is 2. The third-order valence-electron chi connectivity index (χ3n) is 17.0. The van der Waals surface area contributed by atoms with Gasteiger partial charge in [-0.15, -0.1) is 12.8 Å². The standard InChI is InChI=1S/C32H39F2N5O6SSi.C27H26F2N6O4S.C6H11NO2/c1-9-10-44-25-18-35-23(17-36-25)22(33)14-20-13-21(26(34)37-16-20)31(5)24-15-32(24,27(40)41)46-28(38-31)39(29(42)45-30(2,3)4)19-43-11-12-47(6,7)8;1-3-4-39-22-10-31-20(9-32-22)19(28)6-15-5-18(23(29)33-8-15)26(2)21-7-27(21,40-25(30)34-26)24(36)35-16-11-37-13-17(35)14-38-12-16;1-5-2-9-4-6(7-5)3-8-1/h1,13-14,16-18,24H,10-12,15,19H2,2-8H3,(H,40,41);1,5-6,8-10,16-17,21H,4,7,11-14H2,2H3,(H2,30,34);5-7H,1-4H2/b22-14-;19-6-;/t24-,31+,32-;16?,17?,21-,26+,27-;/m00./s1. The lowest BCUT2D eigenvalue weighted by molar-refractivity contribution is -0.168. The molecule has 0 unspecified atom stereocenters. The number of amidine groups is 2. The molecule has 8 aliphatic rings. The third-order valence-corrected chi connectivity index (χ3v) is 21.4. The van der Waals surface area contributed by atoms with Gasteiger partial charge in [-0.25, -0.2) is 48.4 Å². The highest BCUT2D eigenvalue weighted by molar-refractivity contribution is 8.16. The summed E-state index contributed by atoms with van der Waals surface area (Å²) in [7, 11) is -1.46. The van der Waals surface area contributed by atoms with Crippen LogP contribution in [0.15, 0.2) is 59.3 Å². The maximum absolute atomic E-state index is 15.6. The number of hydrogen-bond acceptors (Lipinski definition) is 23. The second-order valence-electron chi connectivity index (χ2n) is 26.6. The van der Waals surface area contributed by atoms with Gasteiger partial charge < -0.3 is 59.0 Å². The molecule has 4 saturated heterocycles. The van der Waals surface area contributed by atoms with Gasteiger partial charge in [0.1, 0.15) is 33.2 Å². The van der Waals surface area contributed by atoms with E-state index in [0.717, 1.165) is 67.6 Å². The average Bonchev–Trinajstić information content (AvgIpc) is 1.53. The number of morpholine rings is 4. The Hall–Kier alpha value is -7.59. The average molecular weight is 1390 g/mol. The number of aromatic nitrogens is 6. The number of hydrogen-bond donors (Lipinski definition) is 3. The molecule has 4 aromatic rings.